The second-order valence-corrected chi connectivity index (χ2v) is 10.1. The lowest BCUT2D eigenvalue weighted by Crippen LogP contribution is -2.38. The summed E-state index contributed by atoms with van der Waals surface area (Å²) in [5.41, 5.74) is -0.385. The zero-order valence-electron chi connectivity index (χ0n) is 20.3. The summed E-state index contributed by atoms with van der Waals surface area (Å²) in [5.74, 6) is -0.636. The predicted octanol–water partition coefficient (Wildman–Crippen LogP) is 5.11. The smallest absolute Gasteiger partial charge is 0.303 e. The van der Waals surface area contributed by atoms with Crippen LogP contribution in [0.2, 0.25) is 0 Å². The van der Waals surface area contributed by atoms with Gasteiger partial charge in [0.15, 0.2) is 5.79 Å². The number of fused-ring (bicyclic) bond motifs is 3. The van der Waals surface area contributed by atoms with E-state index in [9.17, 15) is 9.59 Å². The van der Waals surface area contributed by atoms with Crippen LogP contribution >= 0.6 is 0 Å². The van der Waals surface area contributed by atoms with Crippen LogP contribution in [-0.4, -0.2) is 41.6 Å². The molecular weight excluding hydrogens is 408 g/mol. The number of rotatable bonds is 10. The number of carbonyl (C=O) groups is 2. The zero-order valence-corrected chi connectivity index (χ0v) is 20.3. The van der Waals surface area contributed by atoms with Gasteiger partial charge in [0.2, 0.25) is 0 Å². The van der Waals surface area contributed by atoms with Gasteiger partial charge in [0.05, 0.1) is 6.10 Å². The minimum atomic E-state index is -0.636. The zero-order chi connectivity index (χ0) is 23.5. The first-order valence-corrected chi connectivity index (χ1v) is 12.1. The molecular formula is C26H40O6. The molecule has 0 bridgehead atoms. The van der Waals surface area contributed by atoms with Crippen LogP contribution in [0.4, 0.5) is 0 Å². The summed E-state index contributed by atoms with van der Waals surface area (Å²) in [4.78, 5) is 23.4. The highest BCUT2D eigenvalue weighted by Crippen LogP contribution is 2.60. The molecule has 7 atom stereocenters. The molecule has 180 valence electrons. The van der Waals surface area contributed by atoms with Crippen molar-refractivity contribution < 1.29 is 28.5 Å². The number of hydrogen-bond donors (Lipinski definition) is 0. The van der Waals surface area contributed by atoms with Gasteiger partial charge in [0.1, 0.15) is 17.8 Å². The number of esters is 2. The molecule has 0 aromatic carbocycles. The van der Waals surface area contributed by atoms with E-state index in [2.05, 4.69) is 19.6 Å². The van der Waals surface area contributed by atoms with Crippen LogP contribution in [0.3, 0.4) is 0 Å². The highest BCUT2D eigenvalue weighted by molar-refractivity contribution is 5.66. The Morgan fingerprint density at radius 3 is 2.56 bits per heavy atom. The van der Waals surface area contributed by atoms with Crippen molar-refractivity contribution in [3.05, 3.63) is 24.8 Å². The lowest BCUT2D eigenvalue weighted by molar-refractivity contribution is -0.174. The predicted molar refractivity (Wildman–Crippen MR) is 122 cm³/mol. The first kappa shape index (κ1) is 25.0. The largest absolute Gasteiger partial charge is 0.462 e. The van der Waals surface area contributed by atoms with Gasteiger partial charge in [-0.3, -0.25) is 9.59 Å². The molecule has 1 saturated heterocycles. The minimum absolute atomic E-state index is 0.0377. The summed E-state index contributed by atoms with van der Waals surface area (Å²) >= 11 is 0. The molecule has 0 amide bonds. The SMILES string of the molecule is C=CC[C@]12C[C@@H]3[C@@H](/C=C/[C@H](CCCCC)OC(C)=O)[C@H](OC(C)=O)C[C@@H]3[C@H]1OC(C)(C)O2. The molecule has 3 aliphatic rings. The van der Waals surface area contributed by atoms with Gasteiger partial charge in [-0.1, -0.05) is 31.9 Å². The quantitative estimate of drug-likeness (QED) is 0.263. The molecule has 3 rings (SSSR count). The van der Waals surface area contributed by atoms with Crippen LogP contribution in [0.1, 0.15) is 79.6 Å². The van der Waals surface area contributed by atoms with E-state index in [4.69, 9.17) is 18.9 Å². The average molecular weight is 449 g/mol. The van der Waals surface area contributed by atoms with Crippen molar-refractivity contribution in [2.45, 2.75) is 109 Å². The van der Waals surface area contributed by atoms with Gasteiger partial charge < -0.3 is 18.9 Å². The second-order valence-electron chi connectivity index (χ2n) is 10.1. The van der Waals surface area contributed by atoms with Gasteiger partial charge in [-0.05, 0) is 63.9 Å². The Morgan fingerprint density at radius 1 is 1.19 bits per heavy atom. The van der Waals surface area contributed by atoms with Gasteiger partial charge in [0, 0.05) is 19.8 Å². The van der Waals surface area contributed by atoms with Crippen molar-refractivity contribution in [3.8, 4) is 0 Å². The molecule has 6 nitrogen and oxygen atoms in total. The van der Waals surface area contributed by atoms with Gasteiger partial charge in [-0.2, -0.15) is 0 Å². The molecule has 0 aromatic heterocycles. The van der Waals surface area contributed by atoms with E-state index in [0.29, 0.717) is 0 Å². The van der Waals surface area contributed by atoms with Gasteiger partial charge in [-0.15, -0.1) is 6.58 Å². The molecule has 2 saturated carbocycles. The highest BCUT2D eigenvalue weighted by atomic mass is 16.8. The highest BCUT2D eigenvalue weighted by Gasteiger charge is 2.66. The average Bonchev–Trinajstić information content (AvgIpc) is 3.22. The Labute approximate surface area is 192 Å². The van der Waals surface area contributed by atoms with Crippen molar-refractivity contribution >= 4 is 11.9 Å². The monoisotopic (exact) mass is 448 g/mol. The molecule has 2 aliphatic carbocycles. The number of ether oxygens (including phenoxy) is 4. The Hall–Kier alpha value is -1.66. The fourth-order valence-electron chi connectivity index (χ4n) is 6.16. The lowest BCUT2D eigenvalue weighted by Gasteiger charge is -2.30. The van der Waals surface area contributed by atoms with Crippen molar-refractivity contribution in [2.75, 3.05) is 0 Å². The fraction of sp³-hybridized carbons (Fsp3) is 0.769. The van der Waals surface area contributed by atoms with Crippen molar-refractivity contribution in [1.29, 1.82) is 0 Å². The van der Waals surface area contributed by atoms with Crippen LogP contribution in [0.25, 0.3) is 0 Å². The van der Waals surface area contributed by atoms with E-state index in [0.717, 1.165) is 44.9 Å². The maximum atomic E-state index is 11.8. The van der Waals surface area contributed by atoms with Crippen LogP contribution < -0.4 is 0 Å². The standard InChI is InChI=1S/C26H40O6/c1-7-9-10-11-19(29-17(3)27)12-13-20-22-16-26(14-8-2)24(31-25(5,6)32-26)21(22)15-23(20)30-18(4)28/h8,12-13,19-24H,2,7,9-11,14-16H2,1,3-6H3/b13-12+/t19-,20+,21-,22+,23+,24+,26-/m0/s1. The summed E-state index contributed by atoms with van der Waals surface area (Å²) < 4.78 is 24.1. The Bertz CT molecular complexity index is 728. The molecule has 0 aromatic rings. The Morgan fingerprint density at radius 2 is 1.94 bits per heavy atom. The van der Waals surface area contributed by atoms with Crippen LogP contribution in [0.5, 0.6) is 0 Å². The topological polar surface area (TPSA) is 71.1 Å². The molecule has 0 unspecified atom stereocenters. The molecule has 3 fully saturated rings. The molecule has 0 N–H and O–H groups in total. The van der Waals surface area contributed by atoms with E-state index in [1.165, 1.54) is 13.8 Å². The van der Waals surface area contributed by atoms with Gasteiger partial charge >= 0.3 is 11.9 Å². The fourth-order valence-corrected chi connectivity index (χ4v) is 6.16. The first-order valence-electron chi connectivity index (χ1n) is 12.1. The molecule has 1 aliphatic heterocycles. The van der Waals surface area contributed by atoms with E-state index >= 15 is 0 Å². The summed E-state index contributed by atoms with van der Waals surface area (Å²) in [6.45, 7) is 12.9. The summed E-state index contributed by atoms with van der Waals surface area (Å²) in [7, 11) is 0. The molecule has 0 spiro atoms. The summed E-state index contributed by atoms with van der Waals surface area (Å²) in [6, 6.07) is 0. The van der Waals surface area contributed by atoms with Crippen LogP contribution in [-0.2, 0) is 28.5 Å². The number of hydrogen-bond acceptors (Lipinski definition) is 6. The normalized spacial score (nSPS) is 36.0. The van der Waals surface area contributed by atoms with E-state index in [1.807, 2.05) is 26.0 Å². The summed E-state index contributed by atoms with van der Waals surface area (Å²) in [6.07, 6.45) is 11.8. The number of unbranched alkanes of at least 4 members (excludes halogenated alkanes) is 2. The van der Waals surface area contributed by atoms with E-state index in [1.54, 1.807) is 0 Å². The van der Waals surface area contributed by atoms with Crippen molar-refractivity contribution in [1.82, 2.24) is 0 Å². The first-order chi connectivity index (χ1) is 15.1. The maximum absolute atomic E-state index is 11.8. The second kappa shape index (κ2) is 10.1. The van der Waals surface area contributed by atoms with Gasteiger partial charge in [0.25, 0.3) is 0 Å². The molecule has 32 heavy (non-hydrogen) atoms. The minimum Gasteiger partial charge on any atom is -0.462 e. The summed E-state index contributed by atoms with van der Waals surface area (Å²) in [5, 5.41) is 0. The number of carbonyl (C=O) groups excluding carboxylic acids is 2. The molecule has 6 heteroatoms. The lowest BCUT2D eigenvalue weighted by atomic mass is 9.87. The van der Waals surface area contributed by atoms with Gasteiger partial charge in [-0.25, -0.2) is 0 Å². The maximum Gasteiger partial charge on any atom is 0.303 e. The van der Waals surface area contributed by atoms with Crippen molar-refractivity contribution in [2.24, 2.45) is 17.8 Å². The third-order valence-corrected chi connectivity index (χ3v) is 7.09. The van der Waals surface area contributed by atoms with E-state index < -0.39 is 5.79 Å². The Balaban J connectivity index is 1.82. The molecule has 0 radical (unpaired) electrons. The molecule has 1 heterocycles. The van der Waals surface area contributed by atoms with E-state index in [-0.39, 0.29) is 53.6 Å². The van der Waals surface area contributed by atoms with Crippen LogP contribution in [0, 0.1) is 17.8 Å². The van der Waals surface area contributed by atoms with Crippen molar-refractivity contribution in [3.63, 3.8) is 0 Å². The Kier molecular flexibility index (Phi) is 7.87. The third-order valence-electron chi connectivity index (χ3n) is 7.09. The third kappa shape index (κ3) is 5.45. The van der Waals surface area contributed by atoms with Crippen LogP contribution in [0.15, 0.2) is 24.8 Å².